The van der Waals surface area contributed by atoms with Crippen LogP contribution in [0.1, 0.15) is 40.2 Å². The first-order chi connectivity index (χ1) is 12.1. The molecule has 0 amide bonds. The van der Waals surface area contributed by atoms with Crippen LogP contribution < -0.4 is 9.47 Å². The summed E-state index contributed by atoms with van der Waals surface area (Å²) >= 11 is 0. The molecule has 1 aliphatic carbocycles. The molecule has 1 fully saturated rings. The average molecular weight is 340 g/mol. The quantitative estimate of drug-likeness (QED) is 0.779. The summed E-state index contributed by atoms with van der Waals surface area (Å²) in [5.41, 5.74) is 2.36. The zero-order valence-corrected chi connectivity index (χ0v) is 14.0. The summed E-state index contributed by atoms with van der Waals surface area (Å²) in [6.07, 6.45) is 1.93. The first-order valence-corrected chi connectivity index (χ1v) is 8.19. The van der Waals surface area contributed by atoms with Gasteiger partial charge in [-0.1, -0.05) is 24.3 Å². The Morgan fingerprint density at radius 3 is 2.52 bits per heavy atom. The molecule has 5 nitrogen and oxygen atoms in total. The second-order valence-corrected chi connectivity index (χ2v) is 6.22. The van der Waals surface area contributed by atoms with Crippen LogP contribution in [0, 0.1) is 5.92 Å². The summed E-state index contributed by atoms with van der Waals surface area (Å²) in [6.45, 7) is 0.344. The molecule has 5 heteroatoms. The highest BCUT2D eigenvalue weighted by Crippen LogP contribution is 2.44. The lowest BCUT2D eigenvalue weighted by atomic mass is 9.70. The Morgan fingerprint density at radius 1 is 1.20 bits per heavy atom. The zero-order valence-electron chi connectivity index (χ0n) is 14.0. The van der Waals surface area contributed by atoms with Gasteiger partial charge >= 0.3 is 5.97 Å². The third-order valence-corrected chi connectivity index (χ3v) is 4.70. The van der Waals surface area contributed by atoms with Gasteiger partial charge in [0.1, 0.15) is 18.1 Å². The highest BCUT2D eigenvalue weighted by Gasteiger charge is 2.36. The molecule has 0 atom stereocenters. The summed E-state index contributed by atoms with van der Waals surface area (Å²) in [5.74, 6) is 0.328. The first kappa shape index (κ1) is 17.0. The molecule has 1 N–H and O–H groups in total. The van der Waals surface area contributed by atoms with Gasteiger partial charge in [0.25, 0.3) is 0 Å². The third-order valence-electron chi connectivity index (χ3n) is 4.70. The van der Waals surface area contributed by atoms with Gasteiger partial charge in [-0.25, -0.2) is 0 Å². The Balaban J connectivity index is 1.72. The Morgan fingerprint density at radius 2 is 1.92 bits per heavy atom. The number of carbonyl (C=O) groups excluding carboxylic acids is 1. The lowest BCUT2D eigenvalue weighted by Crippen LogP contribution is -2.29. The second-order valence-electron chi connectivity index (χ2n) is 6.22. The van der Waals surface area contributed by atoms with Crippen LogP contribution in [0.15, 0.2) is 42.5 Å². The third kappa shape index (κ3) is 3.65. The standard InChI is InChI=1S/C20H20O5/c1-24-16-7-5-13(6-8-16)12-25-19-4-2-3-17(18(19)11-21)14-9-15(10-14)20(22)23/h2-8,11,14-15H,9-10,12H2,1H3,(H,22,23). The molecule has 0 bridgehead atoms. The van der Waals surface area contributed by atoms with Gasteiger partial charge in [0.2, 0.25) is 0 Å². The van der Waals surface area contributed by atoms with Crippen LogP contribution in [0.5, 0.6) is 11.5 Å². The number of hydrogen-bond acceptors (Lipinski definition) is 4. The normalized spacial score (nSPS) is 18.9. The van der Waals surface area contributed by atoms with Crippen LogP contribution in [0.3, 0.4) is 0 Å². The first-order valence-electron chi connectivity index (χ1n) is 8.19. The number of aliphatic carboxylic acids is 1. The summed E-state index contributed by atoms with van der Waals surface area (Å²) in [5, 5.41) is 9.02. The highest BCUT2D eigenvalue weighted by molar-refractivity contribution is 5.82. The molecule has 130 valence electrons. The van der Waals surface area contributed by atoms with Crippen LogP contribution in [-0.4, -0.2) is 24.5 Å². The number of carboxylic acid groups (broad SMARTS) is 1. The van der Waals surface area contributed by atoms with E-state index in [0.717, 1.165) is 23.2 Å². The Labute approximate surface area is 146 Å². The van der Waals surface area contributed by atoms with Crippen LogP contribution in [-0.2, 0) is 11.4 Å². The van der Waals surface area contributed by atoms with Crippen LogP contribution >= 0.6 is 0 Å². The molecule has 0 spiro atoms. The average Bonchev–Trinajstić information content (AvgIpc) is 2.59. The number of methoxy groups -OCH3 is 1. The minimum absolute atomic E-state index is 0.103. The largest absolute Gasteiger partial charge is 0.497 e. The van der Waals surface area contributed by atoms with Crippen molar-refractivity contribution in [3.05, 3.63) is 59.2 Å². The van der Waals surface area contributed by atoms with Crippen molar-refractivity contribution in [1.82, 2.24) is 0 Å². The summed E-state index contributed by atoms with van der Waals surface area (Å²) in [6, 6.07) is 13.0. The van der Waals surface area contributed by atoms with Crippen molar-refractivity contribution in [2.45, 2.75) is 25.4 Å². The molecule has 0 aliphatic heterocycles. The summed E-state index contributed by atoms with van der Waals surface area (Å²) in [4.78, 5) is 22.6. The number of carbonyl (C=O) groups is 2. The molecule has 0 unspecified atom stereocenters. The molecular formula is C20H20O5. The van der Waals surface area contributed by atoms with Gasteiger partial charge in [-0.05, 0) is 48.1 Å². The van der Waals surface area contributed by atoms with Crippen molar-refractivity contribution in [1.29, 1.82) is 0 Å². The Kier molecular flexibility index (Phi) is 5.03. The van der Waals surface area contributed by atoms with Crippen LogP contribution in [0.25, 0.3) is 0 Å². The van der Waals surface area contributed by atoms with Crippen molar-refractivity contribution in [3.63, 3.8) is 0 Å². The maximum atomic E-state index is 11.6. The summed E-state index contributed by atoms with van der Waals surface area (Å²) < 4.78 is 11.0. The molecule has 3 rings (SSSR count). The predicted molar refractivity (Wildman–Crippen MR) is 92.3 cm³/mol. The number of benzene rings is 2. The molecule has 1 aliphatic rings. The van der Waals surface area contributed by atoms with Gasteiger partial charge in [0, 0.05) is 0 Å². The van der Waals surface area contributed by atoms with Crippen molar-refractivity contribution >= 4 is 12.3 Å². The van der Waals surface area contributed by atoms with Gasteiger partial charge in [-0.3, -0.25) is 9.59 Å². The number of ether oxygens (including phenoxy) is 2. The van der Waals surface area contributed by atoms with Crippen molar-refractivity contribution in [3.8, 4) is 11.5 Å². The minimum Gasteiger partial charge on any atom is -0.497 e. The molecule has 0 aromatic heterocycles. The van der Waals surface area contributed by atoms with Gasteiger partial charge in [0.05, 0.1) is 18.6 Å². The molecule has 0 heterocycles. The fraction of sp³-hybridized carbons (Fsp3) is 0.300. The van der Waals surface area contributed by atoms with Crippen LogP contribution in [0.4, 0.5) is 0 Å². The zero-order chi connectivity index (χ0) is 17.8. The summed E-state index contributed by atoms with van der Waals surface area (Å²) in [7, 11) is 1.61. The molecule has 0 radical (unpaired) electrons. The maximum Gasteiger partial charge on any atom is 0.306 e. The van der Waals surface area contributed by atoms with Crippen molar-refractivity contribution in [2.24, 2.45) is 5.92 Å². The maximum absolute atomic E-state index is 11.6. The van der Waals surface area contributed by atoms with Crippen molar-refractivity contribution < 1.29 is 24.2 Å². The van der Waals surface area contributed by atoms with E-state index in [1.807, 2.05) is 36.4 Å². The smallest absolute Gasteiger partial charge is 0.306 e. The SMILES string of the molecule is COc1ccc(COc2cccc(C3CC(C(=O)O)C3)c2C=O)cc1. The van der Waals surface area contributed by atoms with Crippen molar-refractivity contribution in [2.75, 3.05) is 7.11 Å². The van der Waals surface area contributed by atoms with E-state index in [-0.39, 0.29) is 11.8 Å². The Bertz CT molecular complexity index is 760. The number of aldehydes is 1. The Hall–Kier alpha value is -2.82. The number of carboxylic acids is 1. The number of hydrogen-bond donors (Lipinski definition) is 1. The van der Waals surface area contributed by atoms with E-state index in [4.69, 9.17) is 14.6 Å². The monoisotopic (exact) mass is 340 g/mol. The predicted octanol–water partition coefficient (Wildman–Crippen LogP) is 3.66. The molecule has 25 heavy (non-hydrogen) atoms. The molecule has 2 aromatic rings. The molecule has 0 saturated heterocycles. The van der Waals surface area contributed by atoms with E-state index in [1.54, 1.807) is 13.2 Å². The van der Waals surface area contributed by atoms with Gasteiger partial charge in [-0.2, -0.15) is 0 Å². The van der Waals surface area contributed by atoms with Crippen LogP contribution in [0.2, 0.25) is 0 Å². The number of rotatable bonds is 7. The lowest BCUT2D eigenvalue weighted by molar-refractivity contribution is -0.145. The highest BCUT2D eigenvalue weighted by atomic mass is 16.5. The van der Waals surface area contributed by atoms with Gasteiger partial charge in [-0.15, -0.1) is 0 Å². The van der Waals surface area contributed by atoms with E-state index in [1.165, 1.54) is 0 Å². The molecule has 1 saturated carbocycles. The fourth-order valence-electron chi connectivity index (χ4n) is 3.13. The minimum atomic E-state index is -0.768. The fourth-order valence-corrected chi connectivity index (χ4v) is 3.13. The topological polar surface area (TPSA) is 72.8 Å². The molecular weight excluding hydrogens is 320 g/mol. The van der Waals surface area contributed by atoms with Gasteiger partial charge < -0.3 is 14.6 Å². The van der Waals surface area contributed by atoms with E-state index in [2.05, 4.69) is 0 Å². The van der Waals surface area contributed by atoms with Gasteiger partial charge in [0.15, 0.2) is 6.29 Å². The van der Waals surface area contributed by atoms with E-state index >= 15 is 0 Å². The lowest BCUT2D eigenvalue weighted by Gasteiger charge is -2.33. The van der Waals surface area contributed by atoms with E-state index in [9.17, 15) is 9.59 Å². The molecule has 2 aromatic carbocycles. The van der Waals surface area contributed by atoms with E-state index in [0.29, 0.717) is 30.8 Å². The second kappa shape index (κ2) is 7.38. The van der Waals surface area contributed by atoms with E-state index < -0.39 is 5.97 Å².